The average molecular weight is 312 g/mol. The zero-order chi connectivity index (χ0) is 16.4. The Balaban J connectivity index is 3.42. The summed E-state index contributed by atoms with van der Waals surface area (Å²) in [7, 11) is 0. The van der Waals surface area contributed by atoms with Gasteiger partial charge in [0.25, 0.3) is 0 Å². The lowest BCUT2D eigenvalue weighted by Crippen LogP contribution is -2.14. The number of rotatable bonds is 3. The van der Waals surface area contributed by atoms with Crippen molar-refractivity contribution in [3.05, 3.63) is 41.5 Å². The van der Waals surface area contributed by atoms with Crippen LogP contribution in [0.3, 0.4) is 0 Å². The third-order valence-corrected chi connectivity index (χ3v) is 2.46. The molecule has 0 bridgehead atoms. The predicted molar refractivity (Wildman–Crippen MR) is 62.5 cm³/mol. The third kappa shape index (κ3) is 4.24. The molecule has 0 aliphatic rings. The van der Waals surface area contributed by atoms with Gasteiger partial charge in [0.1, 0.15) is 0 Å². The summed E-state index contributed by atoms with van der Waals surface area (Å²) < 4.78 is 80.2. The van der Waals surface area contributed by atoms with E-state index >= 15 is 0 Å². The van der Waals surface area contributed by atoms with Gasteiger partial charge in [-0.2, -0.15) is 26.3 Å². The van der Waals surface area contributed by atoms with E-state index in [2.05, 4.69) is 11.3 Å². The quantitative estimate of drug-likeness (QED) is 0.608. The van der Waals surface area contributed by atoms with Gasteiger partial charge in [-0.25, -0.2) is 4.79 Å². The molecule has 0 aromatic heterocycles. The van der Waals surface area contributed by atoms with Gasteiger partial charge in [-0.15, -0.1) is 0 Å². The molecule has 0 saturated carbocycles. The first-order chi connectivity index (χ1) is 9.46. The van der Waals surface area contributed by atoms with Crippen LogP contribution in [0.4, 0.5) is 26.3 Å². The molecule has 0 radical (unpaired) electrons. The van der Waals surface area contributed by atoms with Crippen LogP contribution in [0.15, 0.2) is 24.8 Å². The molecule has 2 nitrogen and oxygen atoms in total. The van der Waals surface area contributed by atoms with Gasteiger partial charge < -0.3 is 4.74 Å². The molecule has 0 spiro atoms. The highest BCUT2D eigenvalue weighted by molar-refractivity contribution is 5.91. The van der Waals surface area contributed by atoms with Crippen molar-refractivity contribution in [1.29, 1.82) is 0 Å². The van der Waals surface area contributed by atoms with Gasteiger partial charge in [-0.05, 0) is 30.7 Å². The fourth-order valence-corrected chi connectivity index (χ4v) is 1.46. The van der Waals surface area contributed by atoms with Crippen molar-refractivity contribution in [2.24, 2.45) is 0 Å². The van der Waals surface area contributed by atoms with E-state index in [9.17, 15) is 31.1 Å². The van der Waals surface area contributed by atoms with Crippen LogP contribution < -0.4 is 0 Å². The topological polar surface area (TPSA) is 26.3 Å². The Kier molecular flexibility index (Phi) is 4.70. The second kappa shape index (κ2) is 5.79. The maximum absolute atomic E-state index is 12.7. The smallest absolute Gasteiger partial charge is 0.416 e. The molecule has 0 N–H and O–H groups in total. The number of carbonyl (C=O) groups excluding carboxylic acids is 1. The minimum atomic E-state index is -4.91. The molecular formula is C13H10F6O2. The summed E-state index contributed by atoms with van der Waals surface area (Å²) in [5, 5.41) is 0. The molecule has 8 heteroatoms. The summed E-state index contributed by atoms with van der Waals surface area (Å²) in [5.41, 5.74) is -4.31. The molecule has 0 amide bonds. The van der Waals surface area contributed by atoms with Gasteiger partial charge >= 0.3 is 18.3 Å². The number of hydrogen-bond donors (Lipinski definition) is 0. The lowest BCUT2D eigenvalue weighted by atomic mass is 10.00. The number of alkyl halides is 6. The molecule has 116 valence electrons. The maximum atomic E-state index is 12.7. The van der Waals surface area contributed by atoms with Crippen LogP contribution >= 0.6 is 0 Å². The molecule has 0 unspecified atom stereocenters. The van der Waals surface area contributed by atoms with Crippen LogP contribution in [0.25, 0.3) is 5.57 Å². The Morgan fingerprint density at radius 1 is 1.10 bits per heavy atom. The van der Waals surface area contributed by atoms with Gasteiger partial charge in [0, 0.05) is 0 Å². The van der Waals surface area contributed by atoms with E-state index in [1.54, 1.807) is 0 Å². The number of esters is 1. The van der Waals surface area contributed by atoms with Crippen molar-refractivity contribution < 1.29 is 35.9 Å². The zero-order valence-electron chi connectivity index (χ0n) is 10.7. The molecular weight excluding hydrogens is 302 g/mol. The van der Waals surface area contributed by atoms with Gasteiger partial charge in [-0.1, -0.05) is 6.58 Å². The molecule has 0 aliphatic heterocycles. The normalized spacial score (nSPS) is 12.1. The Bertz CT molecular complexity index is 557. The van der Waals surface area contributed by atoms with Gasteiger partial charge in [-0.3, -0.25) is 0 Å². The van der Waals surface area contributed by atoms with Crippen LogP contribution in [0.5, 0.6) is 0 Å². The van der Waals surface area contributed by atoms with Gasteiger partial charge in [0.15, 0.2) is 0 Å². The van der Waals surface area contributed by atoms with Crippen molar-refractivity contribution in [2.45, 2.75) is 19.3 Å². The molecule has 0 fully saturated rings. The van der Waals surface area contributed by atoms with E-state index in [0.717, 1.165) is 0 Å². The zero-order valence-corrected chi connectivity index (χ0v) is 10.7. The van der Waals surface area contributed by atoms with Crippen molar-refractivity contribution in [3.8, 4) is 0 Å². The Morgan fingerprint density at radius 2 is 1.62 bits per heavy atom. The highest BCUT2D eigenvalue weighted by Crippen LogP contribution is 2.37. The minimum Gasteiger partial charge on any atom is -0.462 e. The molecule has 21 heavy (non-hydrogen) atoms. The van der Waals surface area contributed by atoms with Gasteiger partial charge in [0.2, 0.25) is 0 Å². The Morgan fingerprint density at radius 3 is 2.05 bits per heavy atom. The molecule has 0 atom stereocenters. The lowest BCUT2D eigenvalue weighted by molar-refractivity contribution is -0.137. The summed E-state index contributed by atoms with van der Waals surface area (Å²) in [6.45, 7) is 4.02. The van der Waals surface area contributed by atoms with E-state index in [4.69, 9.17) is 0 Å². The van der Waals surface area contributed by atoms with E-state index in [-0.39, 0.29) is 6.61 Å². The number of hydrogen-bond acceptors (Lipinski definition) is 2. The third-order valence-electron chi connectivity index (χ3n) is 2.46. The predicted octanol–water partition coefficient (Wildman–Crippen LogP) is 4.46. The number of benzene rings is 1. The second-order valence-corrected chi connectivity index (χ2v) is 3.99. The highest BCUT2D eigenvalue weighted by atomic mass is 19.4. The largest absolute Gasteiger partial charge is 0.462 e. The first kappa shape index (κ1) is 17.1. The van der Waals surface area contributed by atoms with Crippen molar-refractivity contribution in [2.75, 3.05) is 6.61 Å². The van der Waals surface area contributed by atoms with Crippen LogP contribution in [0.1, 0.15) is 28.4 Å². The summed E-state index contributed by atoms with van der Waals surface area (Å²) in [4.78, 5) is 11.4. The Labute approximate surface area is 116 Å². The minimum absolute atomic E-state index is 0.120. The summed E-state index contributed by atoms with van der Waals surface area (Å²) in [6.07, 6.45) is -9.81. The molecule has 1 aromatic carbocycles. The highest BCUT2D eigenvalue weighted by Gasteiger charge is 2.36. The fourth-order valence-electron chi connectivity index (χ4n) is 1.46. The number of allylic oxidation sites excluding steroid dienone is 1. The Hall–Kier alpha value is -1.99. The molecule has 1 aromatic rings. The molecule has 0 heterocycles. The summed E-state index contributed by atoms with van der Waals surface area (Å²) in [6, 6.07) is 1.40. The fraction of sp³-hybridized carbons (Fsp3) is 0.308. The van der Waals surface area contributed by atoms with Crippen LogP contribution in [-0.4, -0.2) is 18.8 Å². The van der Waals surface area contributed by atoms with E-state index in [1.165, 1.54) is 6.92 Å². The first-order valence-corrected chi connectivity index (χ1v) is 5.62. The average Bonchev–Trinajstić information content (AvgIpc) is 2.35. The van der Waals surface area contributed by atoms with Gasteiger partial charge in [0.05, 0.1) is 23.3 Å². The number of halogens is 6. The van der Waals surface area contributed by atoms with Crippen molar-refractivity contribution in [3.63, 3.8) is 0 Å². The van der Waals surface area contributed by atoms with Crippen LogP contribution in [-0.2, 0) is 10.9 Å². The van der Waals surface area contributed by atoms with E-state index in [1.807, 2.05) is 0 Å². The molecule has 0 aliphatic carbocycles. The lowest BCUT2D eigenvalue weighted by Gasteiger charge is -2.15. The standard InChI is InChI=1S/C13H10F6O2/c1-3-21-11(20)9-4-8(7(2)12(14,15)16)5-10(6-9)13(17,18)19/h4-6H,2-3H2,1H3. The first-order valence-electron chi connectivity index (χ1n) is 5.62. The van der Waals surface area contributed by atoms with E-state index < -0.39 is 40.6 Å². The maximum Gasteiger partial charge on any atom is 0.416 e. The van der Waals surface area contributed by atoms with Crippen LogP contribution in [0.2, 0.25) is 0 Å². The SMILES string of the molecule is C=C(c1cc(C(=O)OCC)cc(C(F)(F)F)c1)C(F)(F)F. The monoisotopic (exact) mass is 312 g/mol. The van der Waals surface area contributed by atoms with Crippen molar-refractivity contribution >= 4 is 11.5 Å². The number of carbonyl (C=O) groups is 1. The second-order valence-electron chi connectivity index (χ2n) is 3.99. The van der Waals surface area contributed by atoms with E-state index in [0.29, 0.717) is 18.2 Å². The molecule has 1 rings (SSSR count). The number of ether oxygens (including phenoxy) is 1. The van der Waals surface area contributed by atoms with Crippen LogP contribution in [0, 0.1) is 0 Å². The molecule has 0 saturated heterocycles. The summed E-state index contributed by atoms with van der Waals surface area (Å²) >= 11 is 0. The van der Waals surface area contributed by atoms with Crippen molar-refractivity contribution in [1.82, 2.24) is 0 Å². The summed E-state index contributed by atoms with van der Waals surface area (Å²) in [5.74, 6) is -1.14.